The van der Waals surface area contributed by atoms with E-state index in [4.69, 9.17) is 38.7 Å². The molecule has 14 nitrogen and oxygen atoms in total. The highest BCUT2D eigenvalue weighted by Crippen LogP contribution is 2.50. The zero-order chi connectivity index (χ0) is 78.1. The fourth-order valence-electron chi connectivity index (χ4n) is 17.7. The van der Waals surface area contributed by atoms with Crippen LogP contribution in [-0.4, -0.2) is 48.2 Å². The molecule has 0 radical (unpaired) electrons. The van der Waals surface area contributed by atoms with Crippen LogP contribution in [0.4, 0.5) is 0 Å². The largest absolute Gasteiger partial charge is 0.456 e. The summed E-state index contributed by atoms with van der Waals surface area (Å²) in [4.78, 5) is 29.5. The van der Waals surface area contributed by atoms with Gasteiger partial charge in [0.05, 0.1) is 72.0 Å². The van der Waals surface area contributed by atoms with Crippen LogP contribution in [0.2, 0.25) is 0 Å². The molecule has 0 spiro atoms. The van der Waals surface area contributed by atoms with Crippen LogP contribution in [-0.2, 0) is 0 Å². The average Bonchev–Trinajstić information content (AvgIpc) is 1.54. The van der Waals surface area contributed by atoms with Crippen LogP contribution in [0.3, 0.4) is 0 Å². The third-order valence-electron chi connectivity index (χ3n) is 22.8. The van der Waals surface area contributed by atoms with Gasteiger partial charge in [-0.25, -0.2) is 29.9 Å². The van der Waals surface area contributed by atoms with Crippen LogP contribution in [0.5, 0.6) is 0 Å². The highest BCUT2D eigenvalue weighted by Gasteiger charge is 2.28. The molecule has 0 N–H and O–H groups in total. The van der Waals surface area contributed by atoms with Gasteiger partial charge in [0.15, 0.2) is 34.9 Å². The lowest BCUT2D eigenvalue weighted by Gasteiger charge is -2.12. The van der Waals surface area contributed by atoms with Gasteiger partial charge in [0, 0.05) is 104 Å². The third-order valence-corrected chi connectivity index (χ3v) is 22.8. The molecule has 0 saturated heterocycles. The van der Waals surface area contributed by atoms with Crippen molar-refractivity contribution in [2.24, 2.45) is 0 Å². The van der Waals surface area contributed by atoms with Crippen LogP contribution < -0.4 is 0 Å². The van der Waals surface area contributed by atoms with Crippen LogP contribution in [0, 0.1) is 22.7 Å². The minimum Gasteiger partial charge on any atom is -0.456 e. The van der Waals surface area contributed by atoms with Gasteiger partial charge in [-0.3, -0.25) is 0 Å². The van der Waals surface area contributed by atoms with Crippen molar-refractivity contribution in [2.75, 3.05) is 0 Å². The number of benzene rings is 16. The number of hydrogen-bond donors (Lipinski definition) is 0. The maximum Gasteiger partial charge on any atom is 0.164 e. The molecule has 0 aliphatic carbocycles. The summed E-state index contributed by atoms with van der Waals surface area (Å²) in [7, 11) is 0. The minimum absolute atomic E-state index is 0.493. The average molecular weight is 1510 g/mol. The van der Waals surface area contributed by atoms with Crippen molar-refractivity contribution in [1.82, 2.24) is 48.2 Å². The molecule has 0 unspecified atom stereocenters. The summed E-state index contributed by atoms with van der Waals surface area (Å²) < 4.78 is 22.5. The zero-order valence-electron chi connectivity index (χ0n) is 62.8. The molecule has 0 aliphatic rings. The van der Waals surface area contributed by atoms with E-state index in [1.807, 2.05) is 164 Å². The first-order valence-corrected chi connectivity index (χ1v) is 39.0. The van der Waals surface area contributed by atoms with E-state index >= 15 is 0 Å². The Labute approximate surface area is 672 Å². The van der Waals surface area contributed by atoms with E-state index in [0.29, 0.717) is 46.1 Å². The first-order chi connectivity index (χ1) is 58.5. The first kappa shape index (κ1) is 67.1. The Hall–Kier alpha value is -16.7. The van der Waals surface area contributed by atoms with Crippen molar-refractivity contribution in [2.45, 2.75) is 0 Å². The maximum atomic E-state index is 10.9. The molecular formula is C104H60N12O2. The number of furan rings is 2. The second kappa shape index (κ2) is 27.0. The molecule has 8 heterocycles. The molecule has 0 amide bonds. The van der Waals surface area contributed by atoms with Crippen LogP contribution >= 0.6 is 0 Å². The molecule has 14 heteroatoms. The molecule has 548 valence electrons. The molecule has 16 aromatic carbocycles. The summed E-state index contributed by atoms with van der Waals surface area (Å²) in [5.74, 6) is 3.25. The van der Waals surface area contributed by atoms with Gasteiger partial charge in [-0.1, -0.05) is 231 Å². The SMILES string of the molecule is N#Cc1cc(-c2nc(-c3ccccc3)nc(-c3ccccc3)n2)ccc1-n1c2ccccc2c2c3c(ccc21)oc1ccc2c(c4ccccc4n2-c2ccccc2)c13.N#Cc1cc(-c2nc(-c3ccccc3)nc(-c3ccccc3)n2)ccc1-n1c2ccccc2c2c3c(ccc21)oc1ccc2c4ccccc4n(-c4ccccc4)c2c13. The molecule has 0 saturated carbocycles. The summed E-state index contributed by atoms with van der Waals surface area (Å²) in [6.45, 7) is 0. The van der Waals surface area contributed by atoms with Gasteiger partial charge in [-0.15, -0.1) is 0 Å². The van der Waals surface area contributed by atoms with E-state index in [2.05, 4.69) is 231 Å². The highest BCUT2D eigenvalue weighted by atomic mass is 16.3. The third kappa shape index (κ3) is 10.6. The van der Waals surface area contributed by atoms with Gasteiger partial charge >= 0.3 is 0 Å². The maximum absolute atomic E-state index is 10.9. The Kier molecular flexibility index (Phi) is 15.4. The highest BCUT2D eigenvalue weighted by molar-refractivity contribution is 6.36. The van der Waals surface area contributed by atoms with Gasteiger partial charge in [-0.05, 0) is 133 Å². The number of aromatic nitrogens is 10. The van der Waals surface area contributed by atoms with Crippen molar-refractivity contribution in [1.29, 1.82) is 10.5 Å². The lowest BCUT2D eigenvalue weighted by Crippen LogP contribution is -2.02. The first-order valence-electron chi connectivity index (χ1n) is 39.0. The van der Waals surface area contributed by atoms with Crippen molar-refractivity contribution in [3.63, 3.8) is 0 Å². The lowest BCUT2D eigenvalue weighted by molar-refractivity contribution is 0.669. The summed E-state index contributed by atoms with van der Waals surface area (Å²) >= 11 is 0. The quantitative estimate of drug-likeness (QED) is 0.128. The van der Waals surface area contributed by atoms with Gasteiger partial charge < -0.3 is 27.1 Å². The van der Waals surface area contributed by atoms with Crippen molar-refractivity contribution < 1.29 is 8.83 Å². The number of para-hydroxylation sites is 6. The second-order valence-corrected chi connectivity index (χ2v) is 29.4. The summed E-state index contributed by atoms with van der Waals surface area (Å²) in [5, 5.41) is 34.9. The molecule has 0 aliphatic heterocycles. The Morgan fingerprint density at radius 2 is 0.500 bits per heavy atom. The lowest BCUT2D eigenvalue weighted by atomic mass is 10.0. The molecule has 24 aromatic rings. The van der Waals surface area contributed by atoms with E-state index < -0.39 is 0 Å². The van der Waals surface area contributed by atoms with Crippen molar-refractivity contribution >= 4 is 131 Å². The van der Waals surface area contributed by atoms with E-state index in [1.165, 1.54) is 5.39 Å². The fourth-order valence-corrected chi connectivity index (χ4v) is 17.7. The Bertz CT molecular complexity index is 8200. The Morgan fingerprint density at radius 3 is 0.881 bits per heavy atom. The molecule has 118 heavy (non-hydrogen) atoms. The molecule has 0 atom stereocenters. The molecule has 0 bridgehead atoms. The molecule has 24 rings (SSSR count). The van der Waals surface area contributed by atoms with Crippen molar-refractivity contribution in [3.8, 4) is 103 Å². The number of fused-ring (bicyclic) bond motifs is 22. The number of nitriles is 2. The number of nitrogens with zero attached hydrogens (tertiary/aromatic N) is 12. The number of hydrogen-bond acceptors (Lipinski definition) is 10. The second-order valence-electron chi connectivity index (χ2n) is 29.4. The van der Waals surface area contributed by atoms with E-state index in [0.717, 1.165) is 182 Å². The predicted molar refractivity (Wildman–Crippen MR) is 474 cm³/mol. The Balaban J connectivity index is 0.000000138. The molecule has 0 fully saturated rings. The van der Waals surface area contributed by atoms with Crippen LogP contribution in [0.25, 0.3) is 222 Å². The van der Waals surface area contributed by atoms with Gasteiger partial charge in [0.1, 0.15) is 34.5 Å². The predicted octanol–water partition coefficient (Wildman–Crippen LogP) is 25.7. The van der Waals surface area contributed by atoms with Gasteiger partial charge in [0.2, 0.25) is 0 Å². The summed E-state index contributed by atoms with van der Waals surface area (Å²) in [6.07, 6.45) is 0. The smallest absolute Gasteiger partial charge is 0.164 e. The summed E-state index contributed by atoms with van der Waals surface area (Å²) in [6, 6.07) is 128. The topological polar surface area (TPSA) is 171 Å². The normalized spacial score (nSPS) is 11.7. The zero-order valence-corrected chi connectivity index (χ0v) is 62.8. The van der Waals surface area contributed by atoms with Gasteiger partial charge in [-0.2, -0.15) is 10.5 Å². The fraction of sp³-hybridized carbons (Fsp3) is 0. The van der Waals surface area contributed by atoms with E-state index in [-0.39, 0.29) is 0 Å². The monoisotopic (exact) mass is 1510 g/mol. The van der Waals surface area contributed by atoms with Crippen LogP contribution in [0.15, 0.2) is 373 Å². The molecular weight excluding hydrogens is 1450 g/mol. The standard InChI is InChI=1S/2C52H30N6O/c53-31-35-30-34(52-55-50(32-14-4-1-5-15-32)54-51(56-52)33-16-6-2-7-17-33)24-26-40(35)58-42-23-13-11-21-39(42)46-43(58)27-29-44-47(46)48-45(59-44)28-25-38-37-20-10-12-22-41(37)57(49(38)48)36-18-8-3-9-19-36;53-31-35-30-34(52-55-50(32-14-4-1-5-15-32)54-51(56-52)33-16-6-2-7-17-33)24-25-39(35)58-41-23-13-11-21-38(41)47-43(58)27-29-45-49(47)48-44(59-45)28-26-42-46(48)37-20-10-12-22-40(37)57(42)36-18-8-3-9-19-36/h2*1-30H. The Morgan fingerprint density at radius 1 is 0.212 bits per heavy atom. The number of rotatable bonds is 10. The molecule has 8 aromatic heterocycles. The van der Waals surface area contributed by atoms with E-state index in [9.17, 15) is 10.5 Å². The van der Waals surface area contributed by atoms with Crippen LogP contribution in [0.1, 0.15) is 11.1 Å². The van der Waals surface area contributed by atoms with E-state index in [1.54, 1.807) is 0 Å². The van der Waals surface area contributed by atoms with Gasteiger partial charge in [0.25, 0.3) is 0 Å². The minimum atomic E-state index is 0.493. The summed E-state index contributed by atoms with van der Waals surface area (Å²) in [5.41, 5.74) is 21.4. The van der Waals surface area contributed by atoms with Crippen molar-refractivity contribution in [3.05, 3.63) is 375 Å².